The van der Waals surface area contributed by atoms with Gasteiger partial charge >= 0.3 is 0 Å². The lowest BCUT2D eigenvalue weighted by Gasteiger charge is -2.33. The molecule has 0 amide bonds. The lowest BCUT2D eigenvalue weighted by Crippen LogP contribution is -2.17. The van der Waals surface area contributed by atoms with Gasteiger partial charge in [0.15, 0.2) is 0 Å². The van der Waals surface area contributed by atoms with Gasteiger partial charge < -0.3 is 14.5 Å². The number of fused-ring (bicyclic) bond motifs is 8. The average Bonchev–Trinajstić information content (AvgIpc) is 3.67. The van der Waals surface area contributed by atoms with E-state index in [-0.39, 0.29) is 10.8 Å². The summed E-state index contributed by atoms with van der Waals surface area (Å²) in [4.78, 5) is 4.83. The number of hydrogen-bond acceptors (Lipinski definition) is 3. The van der Waals surface area contributed by atoms with Gasteiger partial charge in [0.05, 0.1) is 11.4 Å². The first-order chi connectivity index (χ1) is 29.8. The van der Waals surface area contributed by atoms with E-state index in [2.05, 4.69) is 232 Å². The Bertz CT molecular complexity index is 3240. The molecular formula is C58H44N2O. The van der Waals surface area contributed by atoms with Gasteiger partial charge in [-0.25, -0.2) is 0 Å². The summed E-state index contributed by atoms with van der Waals surface area (Å²) in [7, 11) is 0. The fourth-order valence-electron chi connectivity index (χ4n) is 10.7. The van der Waals surface area contributed by atoms with E-state index >= 15 is 0 Å². The molecule has 61 heavy (non-hydrogen) atoms. The highest BCUT2D eigenvalue weighted by Crippen LogP contribution is 2.57. The van der Waals surface area contributed by atoms with Crippen molar-refractivity contribution in [2.75, 3.05) is 9.80 Å². The van der Waals surface area contributed by atoms with Crippen molar-refractivity contribution < 1.29 is 4.74 Å². The van der Waals surface area contributed by atoms with Crippen LogP contribution in [0, 0.1) is 0 Å². The zero-order chi connectivity index (χ0) is 41.0. The number of ether oxygens (including phenoxy) is 1. The summed E-state index contributed by atoms with van der Waals surface area (Å²) in [5.41, 5.74) is 19.3. The van der Waals surface area contributed by atoms with Gasteiger partial charge in [0.2, 0.25) is 0 Å². The van der Waals surface area contributed by atoms with Crippen molar-refractivity contribution in [2.24, 2.45) is 0 Å². The van der Waals surface area contributed by atoms with Crippen molar-refractivity contribution in [3.8, 4) is 44.9 Å². The lowest BCUT2D eigenvalue weighted by molar-refractivity contribution is 0.487. The zero-order valence-electron chi connectivity index (χ0n) is 34.8. The molecule has 1 aliphatic heterocycles. The van der Waals surface area contributed by atoms with Gasteiger partial charge in [-0.05, 0) is 123 Å². The van der Waals surface area contributed by atoms with Crippen molar-refractivity contribution in [1.82, 2.24) is 0 Å². The summed E-state index contributed by atoms with van der Waals surface area (Å²) in [6, 6.07) is 70.9. The zero-order valence-corrected chi connectivity index (χ0v) is 34.8. The molecule has 0 fully saturated rings. The van der Waals surface area contributed by atoms with Crippen molar-refractivity contribution in [3.63, 3.8) is 0 Å². The SMILES string of the molecule is CC1(C)c2ccccc2-c2ccc(N(c3ccccc3)c3cccc4c3-c3cccc5c(N(c6ccccc6)c6ccc7c(c6)C(C)(C)c6ccccc6-7)ccc(c35)O4)cc21. The van der Waals surface area contributed by atoms with Crippen LogP contribution in [0.2, 0.25) is 0 Å². The van der Waals surface area contributed by atoms with Crippen molar-refractivity contribution in [2.45, 2.75) is 38.5 Å². The summed E-state index contributed by atoms with van der Waals surface area (Å²) in [5.74, 6) is 1.71. The van der Waals surface area contributed by atoms with E-state index < -0.39 is 0 Å². The monoisotopic (exact) mass is 784 g/mol. The second-order valence-corrected chi connectivity index (χ2v) is 17.7. The molecule has 3 aliphatic rings. The molecule has 0 saturated heterocycles. The van der Waals surface area contributed by atoms with E-state index in [0.717, 1.165) is 67.5 Å². The van der Waals surface area contributed by atoms with Gasteiger partial charge in [-0.3, -0.25) is 0 Å². The molecule has 0 spiro atoms. The smallest absolute Gasteiger partial charge is 0.137 e. The van der Waals surface area contributed by atoms with Gasteiger partial charge in [-0.2, -0.15) is 0 Å². The Kier molecular flexibility index (Phi) is 7.62. The minimum Gasteiger partial charge on any atom is -0.456 e. The van der Waals surface area contributed by atoms with Crippen molar-refractivity contribution >= 4 is 44.9 Å². The van der Waals surface area contributed by atoms with E-state index in [9.17, 15) is 0 Å². The molecule has 0 N–H and O–H groups in total. The lowest BCUT2D eigenvalue weighted by atomic mass is 9.82. The summed E-state index contributed by atoms with van der Waals surface area (Å²) in [6.07, 6.45) is 0. The van der Waals surface area contributed by atoms with Crippen LogP contribution in [0.5, 0.6) is 11.5 Å². The Labute approximate surface area is 357 Å². The Morgan fingerprint density at radius 1 is 0.344 bits per heavy atom. The summed E-state index contributed by atoms with van der Waals surface area (Å²) < 4.78 is 6.99. The normalized spacial score (nSPS) is 14.3. The van der Waals surface area contributed by atoms with Crippen LogP contribution in [0.1, 0.15) is 49.9 Å². The molecule has 12 rings (SSSR count). The molecule has 9 aromatic carbocycles. The van der Waals surface area contributed by atoms with E-state index in [4.69, 9.17) is 4.74 Å². The summed E-state index contributed by atoms with van der Waals surface area (Å²) >= 11 is 0. The van der Waals surface area contributed by atoms with Crippen LogP contribution < -0.4 is 14.5 Å². The molecular weight excluding hydrogens is 741 g/mol. The molecule has 3 nitrogen and oxygen atoms in total. The first-order valence-electron chi connectivity index (χ1n) is 21.4. The Morgan fingerprint density at radius 2 is 0.836 bits per heavy atom. The molecule has 0 unspecified atom stereocenters. The Balaban J connectivity index is 1.05. The minimum absolute atomic E-state index is 0.124. The highest BCUT2D eigenvalue weighted by atomic mass is 16.5. The fourth-order valence-corrected chi connectivity index (χ4v) is 10.7. The maximum atomic E-state index is 6.99. The molecule has 0 atom stereocenters. The number of benzene rings is 9. The molecule has 0 radical (unpaired) electrons. The highest BCUT2D eigenvalue weighted by molar-refractivity contribution is 6.13. The predicted octanol–water partition coefficient (Wildman–Crippen LogP) is 16.2. The standard InChI is InChI=1S/C58H44N2O/c1-57(2)47-25-13-11-21-41(47)43-31-29-39(35-49(43)57)59(37-17-7-5-8-18-37)51-33-34-54-55-45(51)23-15-24-46(55)56-52(27-16-28-53(56)61-54)60(38-19-9-6-10-20-38)40-30-32-44-42-22-12-14-26-48(42)58(3,4)50(44)36-40/h5-36H,1-4H3. The van der Waals surface area contributed by atoms with Crippen LogP contribution in [-0.4, -0.2) is 0 Å². The van der Waals surface area contributed by atoms with Crippen LogP contribution in [0.3, 0.4) is 0 Å². The van der Waals surface area contributed by atoms with Crippen LogP contribution >= 0.6 is 0 Å². The molecule has 0 saturated carbocycles. The third kappa shape index (κ3) is 5.17. The van der Waals surface area contributed by atoms with E-state index in [1.54, 1.807) is 0 Å². The van der Waals surface area contributed by atoms with E-state index in [1.165, 1.54) is 44.5 Å². The largest absolute Gasteiger partial charge is 0.456 e. The molecule has 292 valence electrons. The van der Waals surface area contributed by atoms with Gasteiger partial charge in [0.25, 0.3) is 0 Å². The number of hydrogen-bond donors (Lipinski definition) is 0. The fraction of sp³-hybridized carbons (Fsp3) is 0.103. The highest BCUT2D eigenvalue weighted by Gasteiger charge is 2.38. The van der Waals surface area contributed by atoms with Gasteiger partial charge in [0, 0.05) is 49.9 Å². The average molecular weight is 785 g/mol. The quantitative estimate of drug-likeness (QED) is 0.167. The first kappa shape index (κ1) is 35.6. The molecule has 0 bridgehead atoms. The Hall–Kier alpha value is -7.36. The van der Waals surface area contributed by atoms with E-state index in [0.29, 0.717) is 0 Å². The first-order valence-corrected chi connectivity index (χ1v) is 21.4. The predicted molar refractivity (Wildman–Crippen MR) is 254 cm³/mol. The second-order valence-electron chi connectivity index (χ2n) is 17.7. The molecule has 3 heteroatoms. The van der Waals surface area contributed by atoms with Crippen molar-refractivity contribution in [3.05, 3.63) is 216 Å². The molecule has 9 aromatic rings. The maximum Gasteiger partial charge on any atom is 0.137 e. The summed E-state index contributed by atoms with van der Waals surface area (Å²) in [6.45, 7) is 9.40. The number of rotatable bonds is 6. The third-order valence-electron chi connectivity index (χ3n) is 13.6. The van der Waals surface area contributed by atoms with E-state index in [1.807, 2.05) is 0 Å². The number of nitrogens with zero attached hydrogens (tertiary/aromatic N) is 2. The molecule has 2 aliphatic carbocycles. The third-order valence-corrected chi connectivity index (χ3v) is 13.6. The summed E-state index contributed by atoms with van der Waals surface area (Å²) in [5, 5.41) is 2.24. The molecule has 1 heterocycles. The van der Waals surface area contributed by atoms with Crippen LogP contribution in [0.25, 0.3) is 44.2 Å². The number of para-hydroxylation sites is 2. The van der Waals surface area contributed by atoms with Gasteiger partial charge in [-0.1, -0.05) is 149 Å². The number of anilines is 6. The molecule has 0 aromatic heterocycles. The van der Waals surface area contributed by atoms with Crippen LogP contribution in [0.4, 0.5) is 34.1 Å². The van der Waals surface area contributed by atoms with Crippen molar-refractivity contribution in [1.29, 1.82) is 0 Å². The topological polar surface area (TPSA) is 15.7 Å². The van der Waals surface area contributed by atoms with Gasteiger partial charge in [-0.15, -0.1) is 0 Å². The minimum atomic E-state index is -0.131. The van der Waals surface area contributed by atoms with Gasteiger partial charge in [0.1, 0.15) is 11.5 Å². The maximum absolute atomic E-state index is 6.99. The van der Waals surface area contributed by atoms with Crippen LogP contribution in [0.15, 0.2) is 194 Å². The Morgan fingerprint density at radius 3 is 1.43 bits per heavy atom. The van der Waals surface area contributed by atoms with Crippen LogP contribution in [-0.2, 0) is 10.8 Å². The second kappa shape index (κ2) is 13.1.